The Morgan fingerprint density at radius 1 is 1.26 bits per heavy atom. The molecular formula is C16H20N2O. The van der Waals surface area contributed by atoms with E-state index in [1.54, 1.807) is 0 Å². The Bertz CT molecular complexity index is 631. The van der Waals surface area contributed by atoms with E-state index in [4.69, 9.17) is 0 Å². The molecule has 2 aliphatic heterocycles. The molecule has 2 aromatic rings. The van der Waals surface area contributed by atoms with E-state index in [2.05, 4.69) is 40.8 Å². The normalized spacial score (nSPS) is 26.6. The van der Waals surface area contributed by atoms with E-state index in [0.29, 0.717) is 18.6 Å². The molecule has 3 heteroatoms. The van der Waals surface area contributed by atoms with Gasteiger partial charge in [0.15, 0.2) is 0 Å². The molecule has 0 radical (unpaired) electrons. The molecule has 0 saturated carbocycles. The first-order valence-corrected chi connectivity index (χ1v) is 7.22. The van der Waals surface area contributed by atoms with Gasteiger partial charge in [0.1, 0.15) is 0 Å². The number of hydrogen-bond donors (Lipinski definition) is 1. The lowest BCUT2D eigenvalue weighted by atomic mass is 9.91. The molecular weight excluding hydrogens is 236 g/mol. The average molecular weight is 256 g/mol. The van der Waals surface area contributed by atoms with Crippen LogP contribution in [0.3, 0.4) is 0 Å². The van der Waals surface area contributed by atoms with Crippen LogP contribution in [0.1, 0.15) is 23.7 Å². The smallest absolute Gasteiger partial charge is 0.0554 e. The third-order valence-corrected chi connectivity index (χ3v) is 5.05. The van der Waals surface area contributed by atoms with Crippen molar-refractivity contribution in [1.29, 1.82) is 0 Å². The van der Waals surface area contributed by atoms with Crippen LogP contribution >= 0.6 is 0 Å². The Balaban J connectivity index is 1.97. The third kappa shape index (κ3) is 1.46. The summed E-state index contributed by atoms with van der Waals surface area (Å²) >= 11 is 0. The van der Waals surface area contributed by atoms with Crippen LogP contribution in [0.2, 0.25) is 0 Å². The van der Waals surface area contributed by atoms with Crippen molar-refractivity contribution >= 4 is 10.9 Å². The molecule has 1 aromatic heterocycles. The highest BCUT2D eigenvalue weighted by Gasteiger charge is 2.40. The fourth-order valence-electron chi connectivity index (χ4n) is 4.15. The quantitative estimate of drug-likeness (QED) is 0.846. The van der Waals surface area contributed by atoms with Gasteiger partial charge in [0.25, 0.3) is 0 Å². The summed E-state index contributed by atoms with van der Waals surface area (Å²) in [5, 5.41) is 11.1. The molecule has 100 valence electrons. The molecule has 2 aliphatic rings. The molecule has 1 N–H and O–H groups in total. The van der Waals surface area contributed by atoms with Crippen molar-refractivity contribution in [2.45, 2.75) is 18.9 Å². The number of aryl methyl sites for hydroxylation is 1. The number of aliphatic hydroxyl groups is 1. The van der Waals surface area contributed by atoms with Gasteiger partial charge in [0.2, 0.25) is 0 Å². The first-order valence-electron chi connectivity index (χ1n) is 7.22. The maximum Gasteiger partial charge on any atom is 0.0554 e. The highest BCUT2D eigenvalue weighted by Crippen LogP contribution is 2.44. The molecule has 4 rings (SSSR count). The molecule has 1 fully saturated rings. The van der Waals surface area contributed by atoms with Crippen molar-refractivity contribution in [3.63, 3.8) is 0 Å². The summed E-state index contributed by atoms with van der Waals surface area (Å²) < 4.78 is 2.36. The lowest BCUT2D eigenvalue weighted by Gasteiger charge is -2.33. The van der Waals surface area contributed by atoms with Crippen molar-refractivity contribution in [3.05, 3.63) is 35.5 Å². The van der Waals surface area contributed by atoms with Crippen LogP contribution in [-0.2, 0) is 13.5 Å². The van der Waals surface area contributed by atoms with Gasteiger partial charge in [-0.3, -0.25) is 4.90 Å². The van der Waals surface area contributed by atoms with Crippen LogP contribution in [0.25, 0.3) is 10.9 Å². The van der Waals surface area contributed by atoms with Crippen molar-refractivity contribution < 1.29 is 5.11 Å². The van der Waals surface area contributed by atoms with Crippen LogP contribution in [0.4, 0.5) is 0 Å². The second-order valence-corrected chi connectivity index (χ2v) is 5.90. The standard InChI is InChI=1S/C16H20N2O/c1-17-14-5-3-2-4-12(14)13-7-9-18-8-6-11(10-19)15(18)16(13)17/h2-5,11,15,19H,6-10H2,1H3. The fraction of sp³-hybridized carbons (Fsp3) is 0.500. The van der Waals surface area contributed by atoms with E-state index < -0.39 is 0 Å². The van der Waals surface area contributed by atoms with E-state index in [1.807, 2.05) is 0 Å². The van der Waals surface area contributed by atoms with Gasteiger partial charge in [-0.25, -0.2) is 0 Å². The summed E-state index contributed by atoms with van der Waals surface area (Å²) in [6.45, 7) is 2.58. The summed E-state index contributed by atoms with van der Waals surface area (Å²) in [6.07, 6.45) is 2.27. The number of nitrogens with zero attached hydrogens (tertiary/aromatic N) is 2. The minimum absolute atomic E-state index is 0.308. The SMILES string of the molecule is Cn1c2c(c3ccccc31)CCN1CCC(CO)C21. The van der Waals surface area contributed by atoms with Gasteiger partial charge in [-0.1, -0.05) is 18.2 Å². The van der Waals surface area contributed by atoms with Gasteiger partial charge in [0.05, 0.1) is 6.04 Å². The van der Waals surface area contributed by atoms with Crippen LogP contribution in [0.15, 0.2) is 24.3 Å². The Hall–Kier alpha value is -1.32. The Labute approximate surface area is 113 Å². The third-order valence-electron chi connectivity index (χ3n) is 5.05. The molecule has 0 spiro atoms. The number of fused-ring (bicyclic) bond motifs is 5. The average Bonchev–Trinajstić information content (AvgIpc) is 2.99. The minimum Gasteiger partial charge on any atom is -0.396 e. The van der Waals surface area contributed by atoms with Crippen molar-refractivity contribution in [2.24, 2.45) is 13.0 Å². The molecule has 1 aromatic carbocycles. The molecule has 0 aliphatic carbocycles. The zero-order valence-electron chi connectivity index (χ0n) is 11.3. The number of rotatable bonds is 1. The summed E-state index contributed by atoms with van der Waals surface area (Å²) in [7, 11) is 2.18. The zero-order chi connectivity index (χ0) is 13.0. The fourth-order valence-corrected chi connectivity index (χ4v) is 4.15. The highest BCUT2D eigenvalue weighted by atomic mass is 16.3. The highest BCUT2D eigenvalue weighted by molar-refractivity contribution is 5.86. The van der Waals surface area contributed by atoms with Gasteiger partial charge in [-0.2, -0.15) is 0 Å². The number of aromatic nitrogens is 1. The molecule has 3 heterocycles. The maximum absolute atomic E-state index is 9.66. The van der Waals surface area contributed by atoms with E-state index in [1.165, 1.54) is 22.2 Å². The number of hydrogen-bond acceptors (Lipinski definition) is 2. The van der Waals surface area contributed by atoms with Crippen LogP contribution in [-0.4, -0.2) is 34.3 Å². The van der Waals surface area contributed by atoms with Gasteiger partial charge in [-0.15, -0.1) is 0 Å². The predicted molar refractivity (Wildman–Crippen MR) is 76.1 cm³/mol. The molecule has 2 unspecified atom stereocenters. The summed E-state index contributed by atoms with van der Waals surface area (Å²) in [6, 6.07) is 9.12. The molecule has 0 amide bonds. The van der Waals surface area contributed by atoms with Crippen molar-refractivity contribution in [1.82, 2.24) is 9.47 Å². The van der Waals surface area contributed by atoms with Crippen LogP contribution in [0.5, 0.6) is 0 Å². The molecule has 19 heavy (non-hydrogen) atoms. The lowest BCUT2D eigenvalue weighted by Crippen LogP contribution is -2.34. The van der Waals surface area contributed by atoms with Gasteiger partial charge in [-0.05, 0) is 31.0 Å². The Morgan fingerprint density at radius 3 is 2.95 bits per heavy atom. The Morgan fingerprint density at radius 2 is 2.11 bits per heavy atom. The topological polar surface area (TPSA) is 28.4 Å². The minimum atomic E-state index is 0.308. The van der Waals surface area contributed by atoms with Gasteiger partial charge < -0.3 is 9.67 Å². The molecule has 2 atom stereocenters. The summed E-state index contributed by atoms with van der Waals surface area (Å²) in [4.78, 5) is 2.56. The van der Waals surface area contributed by atoms with Crippen LogP contribution in [0, 0.1) is 5.92 Å². The predicted octanol–water partition coefficient (Wildman–Crippen LogP) is 2.09. The number of benzene rings is 1. The Kier molecular flexibility index (Phi) is 2.47. The van der Waals surface area contributed by atoms with E-state index in [9.17, 15) is 5.11 Å². The maximum atomic E-state index is 9.66. The zero-order valence-corrected chi connectivity index (χ0v) is 11.3. The van der Waals surface area contributed by atoms with E-state index in [-0.39, 0.29) is 0 Å². The van der Waals surface area contributed by atoms with Crippen molar-refractivity contribution in [2.75, 3.05) is 19.7 Å². The number of aliphatic hydroxyl groups excluding tert-OH is 1. The monoisotopic (exact) mass is 256 g/mol. The number of para-hydroxylation sites is 1. The lowest BCUT2D eigenvalue weighted by molar-refractivity contribution is 0.154. The first kappa shape index (κ1) is 11.5. The van der Waals surface area contributed by atoms with E-state index in [0.717, 1.165) is 25.9 Å². The largest absolute Gasteiger partial charge is 0.396 e. The van der Waals surface area contributed by atoms with Crippen molar-refractivity contribution in [3.8, 4) is 0 Å². The second kappa shape index (κ2) is 4.09. The molecule has 1 saturated heterocycles. The van der Waals surface area contributed by atoms with Gasteiger partial charge in [0, 0.05) is 42.7 Å². The summed E-state index contributed by atoms with van der Waals surface area (Å²) in [5.41, 5.74) is 4.29. The van der Waals surface area contributed by atoms with Gasteiger partial charge >= 0.3 is 0 Å². The molecule has 0 bridgehead atoms. The second-order valence-electron chi connectivity index (χ2n) is 5.90. The van der Waals surface area contributed by atoms with Crippen LogP contribution < -0.4 is 0 Å². The van der Waals surface area contributed by atoms with E-state index >= 15 is 0 Å². The molecule has 3 nitrogen and oxygen atoms in total. The summed E-state index contributed by atoms with van der Waals surface area (Å²) in [5.74, 6) is 0.405. The first-order chi connectivity index (χ1) is 9.31.